The molecule has 5 nitrogen and oxygen atoms in total. The van der Waals surface area contributed by atoms with Crippen molar-refractivity contribution in [1.29, 1.82) is 0 Å². The molecule has 6 heteroatoms. The highest BCUT2D eigenvalue weighted by Gasteiger charge is 2.34. The second-order valence-corrected chi connectivity index (χ2v) is 9.18. The second kappa shape index (κ2) is 8.72. The largest absolute Gasteiger partial charge is 0.346 e. The molecule has 1 heterocycles. The molecule has 0 bridgehead atoms. The van der Waals surface area contributed by atoms with Crippen molar-refractivity contribution in [2.45, 2.75) is 56.9 Å². The molecule has 2 fully saturated rings. The highest BCUT2D eigenvalue weighted by molar-refractivity contribution is 9.10. The molecule has 2 aliphatic rings. The number of imide groups is 1. The summed E-state index contributed by atoms with van der Waals surface area (Å²) in [5.74, 6) is -0.486. The van der Waals surface area contributed by atoms with E-state index in [-0.39, 0.29) is 36.1 Å². The van der Waals surface area contributed by atoms with Gasteiger partial charge in [-0.1, -0.05) is 47.3 Å². The van der Waals surface area contributed by atoms with Gasteiger partial charge in [-0.25, -0.2) is 0 Å². The number of anilines is 1. The number of hydrogen-bond donors (Lipinski definition) is 1. The average Bonchev–Trinajstić information content (AvgIpc) is 3.08. The zero-order chi connectivity index (χ0) is 21.1. The van der Waals surface area contributed by atoms with Crippen LogP contribution in [0.15, 0.2) is 53.0 Å². The van der Waals surface area contributed by atoms with Crippen molar-refractivity contribution in [2.24, 2.45) is 0 Å². The highest BCUT2D eigenvalue weighted by Crippen LogP contribution is 2.32. The SMILES string of the molecule is O=C(NC1(Cc2ccc(Br)cc2)CCCCC1)c1ccc(N2C(=O)CCC2=O)cc1. The Bertz CT molecular complexity index is 931. The van der Waals surface area contributed by atoms with Gasteiger partial charge < -0.3 is 5.32 Å². The lowest BCUT2D eigenvalue weighted by atomic mass is 9.77. The van der Waals surface area contributed by atoms with Gasteiger partial charge in [-0.2, -0.15) is 0 Å². The van der Waals surface area contributed by atoms with E-state index in [2.05, 4.69) is 33.4 Å². The Hall–Kier alpha value is -2.47. The Morgan fingerprint density at radius 1 is 0.900 bits per heavy atom. The van der Waals surface area contributed by atoms with Gasteiger partial charge in [0.25, 0.3) is 5.91 Å². The first-order valence-corrected chi connectivity index (χ1v) is 11.3. The molecule has 0 spiro atoms. The Morgan fingerprint density at radius 2 is 1.50 bits per heavy atom. The van der Waals surface area contributed by atoms with Crippen molar-refractivity contribution in [3.05, 3.63) is 64.1 Å². The van der Waals surface area contributed by atoms with E-state index in [1.54, 1.807) is 24.3 Å². The third kappa shape index (κ3) is 4.48. The molecule has 3 amide bonds. The number of carbonyl (C=O) groups is 3. The van der Waals surface area contributed by atoms with Crippen LogP contribution in [0.1, 0.15) is 60.9 Å². The van der Waals surface area contributed by atoms with Gasteiger partial charge >= 0.3 is 0 Å². The van der Waals surface area contributed by atoms with E-state index in [1.165, 1.54) is 16.9 Å². The summed E-state index contributed by atoms with van der Waals surface area (Å²) >= 11 is 3.48. The molecule has 156 valence electrons. The van der Waals surface area contributed by atoms with Crippen molar-refractivity contribution in [2.75, 3.05) is 4.90 Å². The molecule has 1 saturated carbocycles. The standard InChI is InChI=1S/C24H25BrN2O3/c25-19-8-4-17(5-9-19)16-24(14-2-1-3-15-24)26-23(30)18-6-10-20(11-7-18)27-21(28)12-13-22(27)29/h4-11H,1-3,12-16H2,(H,26,30). The second-order valence-electron chi connectivity index (χ2n) is 8.27. The third-order valence-electron chi connectivity index (χ3n) is 6.08. The number of hydrogen-bond acceptors (Lipinski definition) is 3. The number of rotatable bonds is 5. The Morgan fingerprint density at radius 3 is 2.10 bits per heavy atom. The van der Waals surface area contributed by atoms with E-state index in [9.17, 15) is 14.4 Å². The average molecular weight is 469 g/mol. The van der Waals surface area contributed by atoms with E-state index in [1.807, 2.05) is 12.1 Å². The van der Waals surface area contributed by atoms with Gasteiger partial charge in [0.15, 0.2) is 0 Å². The van der Waals surface area contributed by atoms with Crippen LogP contribution in [0, 0.1) is 0 Å². The Kier molecular flexibility index (Phi) is 6.04. The fourth-order valence-corrected chi connectivity index (χ4v) is 4.77. The monoisotopic (exact) mass is 468 g/mol. The normalized spacial score (nSPS) is 18.5. The van der Waals surface area contributed by atoms with Crippen LogP contribution in [0.5, 0.6) is 0 Å². The number of nitrogens with zero attached hydrogens (tertiary/aromatic N) is 1. The summed E-state index contributed by atoms with van der Waals surface area (Å²) < 4.78 is 1.04. The van der Waals surface area contributed by atoms with E-state index in [4.69, 9.17) is 0 Å². The van der Waals surface area contributed by atoms with E-state index < -0.39 is 0 Å². The lowest BCUT2D eigenvalue weighted by molar-refractivity contribution is -0.121. The molecular formula is C24H25BrN2O3. The predicted molar refractivity (Wildman–Crippen MR) is 119 cm³/mol. The van der Waals surface area contributed by atoms with Gasteiger partial charge in [0.1, 0.15) is 0 Å². The molecule has 2 aromatic rings. The maximum absolute atomic E-state index is 13.1. The fraction of sp³-hybridized carbons (Fsp3) is 0.375. The van der Waals surface area contributed by atoms with Gasteiger partial charge in [0.2, 0.25) is 11.8 Å². The van der Waals surface area contributed by atoms with Crippen molar-refractivity contribution >= 4 is 39.3 Å². The predicted octanol–water partition coefficient (Wildman–Crippen LogP) is 4.78. The van der Waals surface area contributed by atoms with Crippen LogP contribution in [0.25, 0.3) is 0 Å². The fourth-order valence-electron chi connectivity index (χ4n) is 4.51. The van der Waals surface area contributed by atoms with Crippen molar-refractivity contribution in [3.63, 3.8) is 0 Å². The molecule has 0 unspecified atom stereocenters. The Balaban J connectivity index is 1.50. The van der Waals surface area contributed by atoms with Gasteiger partial charge in [-0.05, 0) is 61.2 Å². The lowest BCUT2D eigenvalue weighted by Crippen LogP contribution is -2.51. The number of halogens is 1. The topological polar surface area (TPSA) is 66.5 Å². The van der Waals surface area contributed by atoms with Gasteiger partial charge in [0.05, 0.1) is 5.69 Å². The quantitative estimate of drug-likeness (QED) is 0.642. The molecule has 30 heavy (non-hydrogen) atoms. The summed E-state index contributed by atoms with van der Waals surface area (Å²) in [5.41, 5.74) is 2.03. The van der Waals surface area contributed by atoms with Crippen LogP contribution in [0.4, 0.5) is 5.69 Å². The van der Waals surface area contributed by atoms with Crippen LogP contribution < -0.4 is 10.2 Å². The first kappa shape index (κ1) is 20.8. The minimum absolute atomic E-state index is 0.111. The third-order valence-corrected chi connectivity index (χ3v) is 6.61. The summed E-state index contributed by atoms with van der Waals surface area (Å²) in [6, 6.07) is 15.0. The highest BCUT2D eigenvalue weighted by atomic mass is 79.9. The zero-order valence-electron chi connectivity index (χ0n) is 16.8. The molecule has 0 aromatic heterocycles. The van der Waals surface area contributed by atoms with Crippen LogP contribution in [0.3, 0.4) is 0 Å². The number of nitrogens with one attached hydrogen (secondary N) is 1. The summed E-state index contributed by atoms with van der Waals surface area (Å²) in [4.78, 5) is 38.1. The number of carbonyl (C=O) groups excluding carboxylic acids is 3. The van der Waals surface area contributed by atoms with Crippen LogP contribution >= 0.6 is 15.9 Å². The summed E-state index contributed by atoms with van der Waals surface area (Å²) in [7, 11) is 0. The minimum atomic E-state index is -0.247. The molecule has 1 aliphatic heterocycles. The van der Waals surface area contributed by atoms with Crippen LogP contribution in [0.2, 0.25) is 0 Å². The van der Waals surface area contributed by atoms with Gasteiger partial charge in [-0.3, -0.25) is 19.3 Å². The van der Waals surface area contributed by atoms with E-state index in [0.717, 1.165) is 36.6 Å². The lowest BCUT2D eigenvalue weighted by Gasteiger charge is -2.38. The summed E-state index contributed by atoms with van der Waals surface area (Å²) in [5, 5.41) is 3.32. The number of amides is 3. The maximum atomic E-state index is 13.1. The van der Waals surface area contributed by atoms with Crippen molar-refractivity contribution in [1.82, 2.24) is 5.32 Å². The summed E-state index contributed by atoms with van der Waals surface area (Å²) in [6.07, 6.45) is 6.64. The molecule has 0 radical (unpaired) electrons. The molecule has 4 rings (SSSR count). The summed E-state index contributed by atoms with van der Waals surface area (Å²) in [6.45, 7) is 0. The molecule has 2 aromatic carbocycles. The van der Waals surface area contributed by atoms with Crippen molar-refractivity contribution in [3.8, 4) is 0 Å². The van der Waals surface area contributed by atoms with Crippen molar-refractivity contribution < 1.29 is 14.4 Å². The number of benzene rings is 2. The molecule has 0 atom stereocenters. The van der Waals surface area contributed by atoms with Crippen LogP contribution in [-0.4, -0.2) is 23.3 Å². The molecule has 1 aliphatic carbocycles. The van der Waals surface area contributed by atoms with E-state index in [0.29, 0.717) is 11.3 Å². The van der Waals surface area contributed by atoms with E-state index >= 15 is 0 Å². The molecule has 1 saturated heterocycles. The first-order valence-electron chi connectivity index (χ1n) is 10.5. The smallest absolute Gasteiger partial charge is 0.251 e. The maximum Gasteiger partial charge on any atom is 0.251 e. The van der Waals surface area contributed by atoms with Crippen LogP contribution in [-0.2, 0) is 16.0 Å². The van der Waals surface area contributed by atoms with Gasteiger partial charge in [-0.15, -0.1) is 0 Å². The first-order chi connectivity index (χ1) is 14.5. The molecule has 1 N–H and O–H groups in total. The molecular weight excluding hydrogens is 444 g/mol. The minimum Gasteiger partial charge on any atom is -0.346 e. The zero-order valence-corrected chi connectivity index (χ0v) is 18.4. The Labute approximate surface area is 185 Å². The van der Waals surface area contributed by atoms with Gasteiger partial charge in [0, 0.05) is 28.4 Å².